The highest BCUT2D eigenvalue weighted by molar-refractivity contribution is 7.90. The van der Waals surface area contributed by atoms with E-state index in [1.165, 1.54) is 4.68 Å². The summed E-state index contributed by atoms with van der Waals surface area (Å²) in [7, 11) is -0.419. The second kappa shape index (κ2) is 9.90. The van der Waals surface area contributed by atoms with E-state index >= 15 is 0 Å². The fraction of sp³-hybridized carbons (Fsp3) is 0.393. The molecule has 1 aromatic heterocycles. The molecule has 2 amide bonds. The third-order valence-electron chi connectivity index (χ3n) is 7.78. The van der Waals surface area contributed by atoms with E-state index in [0.717, 1.165) is 43.2 Å². The molecule has 1 fully saturated rings. The second-order valence-corrected chi connectivity index (χ2v) is 12.0. The van der Waals surface area contributed by atoms with Crippen molar-refractivity contribution in [1.29, 1.82) is 0 Å². The van der Waals surface area contributed by atoms with E-state index in [0.29, 0.717) is 36.4 Å². The van der Waals surface area contributed by atoms with Gasteiger partial charge in [-0.2, -0.15) is 5.10 Å². The van der Waals surface area contributed by atoms with Crippen LogP contribution in [0.5, 0.6) is 5.75 Å². The Morgan fingerprint density at radius 2 is 1.68 bits per heavy atom. The number of methoxy groups -OCH3 is 1. The number of hydrogen-bond acceptors (Lipinski definition) is 6. The molecule has 1 N–H and O–H groups in total. The number of anilines is 1. The molecule has 0 spiro atoms. The van der Waals surface area contributed by atoms with E-state index < -0.39 is 9.84 Å². The first-order chi connectivity index (χ1) is 18.2. The van der Waals surface area contributed by atoms with E-state index in [-0.39, 0.29) is 27.9 Å². The van der Waals surface area contributed by atoms with Gasteiger partial charge in [0.2, 0.25) is 5.91 Å². The summed E-state index contributed by atoms with van der Waals surface area (Å²) in [5.74, 6) is 0.365. The molecule has 2 heterocycles. The number of nitrogens with one attached hydrogen (secondary N) is 1. The van der Waals surface area contributed by atoms with Crippen molar-refractivity contribution in [3.05, 3.63) is 65.4 Å². The van der Waals surface area contributed by atoms with Crippen molar-refractivity contribution in [1.82, 2.24) is 15.1 Å². The highest BCUT2D eigenvalue weighted by Crippen LogP contribution is 2.44. The molecule has 2 aliphatic rings. The molecule has 9 nitrogen and oxygen atoms in total. The summed E-state index contributed by atoms with van der Waals surface area (Å²) in [4.78, 5) is 27.8. The zero-order valence-electron chi connectivity index (χ0n) is 21.9. The topological polar surface area (TPSA) is 111 Å². The number of ether oxygens (including phenoxy) is 1. The van der Waals surface area contributed by atoms with Gasteiger partial charge in [0.15, 0.2) is 14.9 Å². The van der Waals surface area contributed by atoms with Crippen molar-refractivity contribution in [3.63, 3.8) is 0 Å². The van der Waals surface area contributed by atoms with Gasteiger partial charge in [-0.05, 0) is 61.2 Å². The Morgan fingerprint density at radius 3 is 2.26 bits per heavy atom. The van der Waals surface area contributed by atoms with Crippen molar-refractivity contribution in [2.45, 2.75) is 49.0 Å². The molecule has 1 saturated carbocycles. The minimum atomic E-state index is -3.64. The normalized spacial score (nSPS) is 16.8. The SMILES string of the molecule is CNC(=O)CC1(c2ccc(N3CCc4c(S(C)(=O)=O)nn(-c5ccc(OC)cc5)c4C3=O)cc2)CCCC1. The Labute approximate surface area is 222 Å². The molecule has 200 valence electrons. The van der Waals surface area contributed by atoms with Crippen LogP contribution >= 0.6 is 0 Å². The van der Waals surface area contributed by atoms with Gasteiger partial charge in [0.05, 0.1) is 12.8 Å². The van der Waals surface area contributed by atoms with Gasteiger partial charge in [-0.1, -0.05) is 25.0 Å². The van der Waals surface area contributed by atoms with Crippen LogP contribution in [-0.4, -0.2) is 57.0 Å². The first-order valence-corrected chi connectivity index (χ1v) is 14.7. The van der Waals surface area contributed by atoms with Crippen LogP contribution in [0.15, 0.2) is 53.6 Å². The number of sulfone groups is 1. The summed E-state index contributed by atoms with van der Waals surface area (Å²) in [6.45, 7) is 0.339. The molecule has 1 aliphatic heterocycles. The van der Waals surface area contributed by atoms with E-state index in [1.807, 2.05) is 24.3 Å². The minimum absolute atomic E-state index is 0.0307. The van der Waals surface area contributed by atoms with Gasteiger partial charge in [0, 0.05) is 42.9 Å². The Balaban J connectivity index is 1.51. The lowest BCUT2D eigenvalue weighted by molar-refractivity contribution is -0.121. The highest BCUT2D eigenvalue weighted by atomic mass is 32.2. The van der Waals surface area contributed by atoms with Gasteiger partial charge >= 0.3 is 0 Å². The van der Waals surface area contributed by atoms with E-state index in [4.69, 9.17) is 4.74 Å². The van der Waals surface area contributed by atoms with Gasteiger partial charge in [0.25, 0.3) is 5.91 Å². The van der Waals surface area contributed by atoms with Gasteiger partial charge in [-0.3, -0.25) is 9.59 Å². The number of rotatable bonds is 7. The number of carbonyl (C=O) groups is 2. The molecule has 0 bridgehead atoms. The monoisotopic (exact) mass is 536 g/mol. The maximum absolute atomic E-state index is 13.9. The van der Waals surface area contributed by atoms with Crippen molar-refractivity contribution in [3.8, 4) is 11.4 Å². The summed E-state index contributed by atoms with van der Waals surface area (Å²) in [6.07, 6.45) is 6.02. The fourth-order valence-corrected chi connectivity index (χ4v) is 6.67. The molecule has 0 radical (unpaired) electrons. The van der Waals surface area contributed by atoms with Crippen LogP contribution in [0.25, 0.3) is 5.69 Å². The summed E-state index contributed by atoms with van der Waals surface area (Å²) in [5, 5.41) is 7.07. The van der Waals surface area contributed by atoms with Crippen molar-refractivity contribution < 1.29 is 22.7 Å². The molecule has 38 heavy (non-hydrogen) atoms. The maximum Gasteiger partial charge on any atom is 0.277 e. The summed E-state index contributed by atoms with van der Waals surface area (Å²) in [5.41, 5.74) is 2.90. The number of aromatic nitrogens is 2. The number of carbonyl (C=O) groups excluding carboxylic acids is 2. The quantitative estimate of drug-likeness (QED) is 0.495. The lowest BCUT2D eigenvalue weighted by Gasteiger charge is -2.31. The molecule has 5 rings (SSSR count). The fourth-order valence-electron chi connectivity index (χ4n) is 5.79. The molecule has 2 aromatic carbocycles. The average molecular weight is 537 g/mol. The zero-order chi connectivity index (χ0) is 27.1. The third-order valence-corrected chi connectivity index (χ3v) is 8.81. The Bertz CT molecular complexity index is 1470. The smallest absolute Gasteiger partial charge is 0.277 e. The molecular weight excluding hydrogens is 504 g/mol. The Kier molecular flexibility index (Phi) is 6.77. The molecule has 3 aromatic rings. The lowest BCUT2D eigenvalue weighted by atomic mass is 9.76. The number of hydrogen-bond donors (Lipinski definition) is 1. The van der Waals surface area contributed by atoms with Gasteiger partial charge in [-0.25, -0.2) is 13.1 Å². The first-order valence-electron chi connectivity index (χ1n) is 12.8. The zero-order valence-corrected chi connectivity index (χ0v) is 22.7. The van der Waals surface area contributed by atoms with Gasteiger partial charge in [0.1, 0.15) is 11.4 Å². The Morgan fingerprint density at radius 1 is 1.05 bits per heavy atom. The van der Waals surface area contributed by atoms with Crippen molar-refractivity contribution >= 4 is 27.3 Å². The molecule has 0 unspecified atom stereocenters. The molecule has 10 heteroatoms. The summed E-state index contributed by atoms with van der Waals surface area (Å²) >= 11 is 0. The number of nitrogens with zero attached hydrogens (tertiary/aromatic N) is 3. The number of fused-ring (bicyclic) bond motifs is 1. The average Bonchev–Trinajstić information content (AvgIpc) is 3.55. The maximum atomic E-state index is 13.9. The van der Waals surface area contributed by atoms with E-state index in [1.54, 1.807) is 43.3 Å². The van der Waals surface area contributed by atoms with E-state index in [2.05, 4.69) is 10.4 Å². The predicted molar refractivity (Wildman–Crippen MR) is 144 cm³/mol. The third kappa shape index (κ3) is 4.57. The highest BCUT2D eigenvalue weighted by Gasteiger charge is 2.39. The molecule has 0 atom stereocenters. The Hall–Kier alpha value is -3.66. The largest absolute Gasteiger partial charge is 0.497 e. The summed E-state index contributed by atoms with van der Waals surface area (Å²) in [6, 6.07) is 14.9. The van der Waals surface area contributed by atoms with Crippen molar-refractivity contribution in [2.75, 3.05) is 31.9 Å². The van der Waals surface area contributed by atoms with Crippen LogP contribution in [0.2, 0.25) is 0 Å². The second-order valence-electron chi connectivity index (χ2n) is 10.1. The molecular formula is C28H32N4O5S. The minimum Gasteiger partial charge on any atom is -0.497 e. The van der Waals surface area contributed by atoms with Crippen LogP contribution < -0.4 is 15.0 Å². The van der Waals surface area contributed by atoms with Crippen molar-refractivity contribution in [2.24, 2.45) is 0 Å². The molecule has 1 aliphatic carbocycles. The van der Waals surface area contributed by atoms with Crippen LogP contribution in [-0.2, 0) is 26.5 Å². The number of benzene rings is 2. The standard InChI is InChI=1S/C28H32N4O5S/c1-29-24(33)18-28(15-4-5-16-28)19-6-8-20(9-7-19)31-17-14-23-25(27(31)34)32(30-26(23)38(3,35)36)21-10-12-22(37-2)13-11-21/h6-13H,4-5,14-18H2,1-3H3,(H,29,33). The lowest BCUT2D eigenvalue weighted by Crippen LogP contribution is -2.39. The van der Waals surface area contributed by atoms with Crippen LogP contribution in [0, 0.1) is 0 Å². The van der Waals surface area contributed by atoms with Crippen LogP contribution in [0.1, 0.15) is 53.7 Å². The van der Waals surface area contributed by atoms with Gasteiger partial charge in [-0.15, -0.1) is 0 Å². The predicted octanol–water partition coefficient (Wildman–Crippen LogP) is 3.44. The van der Waals surface area contributed by atoms with Gasteiger partial charge < -0.3 is 15.0 Å². The number of amides is 2. The van der Waals surface area contributed by atoms with E-state index in [9.17, 15) is 18.0 Å². The first kappa shape index (κ1) is 26.0. The van der Waals surface area contributed by atoms with Crippen LogP contribution in [0.4, 0.5) is 5.69 Å². The van der Waals surface area contributed by atoms with Crippen LogP contribution in [0.3, 0.4) is 0 Å². The summed E-state index contributed by atoms with van der Waals surface area (Å²) < 4.78 is 31.8. The molecule has 0 saturated heterocycles.